The highest BCUT2D eigenvalue weighted by Crippen LogP contribution is 2.17. The summed E-state index contributed by atoms with van der Waals surface area (Å²) in [4.78, 5) is 12.0. The molecule has 19 heavy (non-hydrogen) atoms. The van der Waals surface area contributed by atoms with E-state index in [9.17, 15) is 4.79 Å². The van der Waals surface area contributed by atoms with Gasteiger partial charge in [-0.25, -0.2) is 0 Å². The van der Waals surface area contributed by atoms with Gasteiger partial charge in [-0.1, -0.05) is 22.0 Å². The second-order valence-corrected chi connectivity index (χ2v) is 5.39. The van der Waals surface area contributed by atoms with E-state index in [0.29, 0.717) is 5.69 Å². The maximum atomic E-state index is 12.0. The van der Waals surface area contributed by atoms with Gasteiger partial charge in [-0.2, -0.15) is 16.6 Å². The van der Waals surface area contributed by atoms with Crippen LogP contribution in [0.5, 0.6) is 0 Å². The largest absolute Gasteiger partial charge is 0.321 e. The van der Waals surface area contributed by atoms with Gasteiger partial charge in [-0.15, -0.1) is 0 Å². The monoisotopic (exact) mass is 332 g/mol. The van der Waals surface area contributed by atoms with Crippen LogP contribution in [-0.4, -0.2) is 5.91 Å². The molecule has 0 atom stereocenters. The van der Waals surface area contributed by atoms with E-state index >= 15 is 0 Å². The third-order valence-corrected chi connectivity index (χ3v) is 3.50. The molecule has 1 aromatic carbocycles. The van der Waals surface area contributed by atoms with Gasteiger partial charge in [0.1, 0.15) is 11.6 Å². The first-order chi connectivity index (χ1) is 9.19. The number of carbonyl (C=O) groups is 1. The van der Waals surface area contributed by atoms with Crippen molar-refractivity contribution in [1.29, 1.82) is 5.26 Å². The summed E-state index contributed by atoms with van der Waals surface area (Å²) in [6, 6.07) is 11.0. The first-order valence-electron chi connectivity index (χ1n) is 5.40. The van der Waals surface area contributed by atoms with Crippen molar-refractivity contribution in [3.63, 3.8) is 0 Å². The lowest BCUT2D eigenvalue weighted by molar-refractivity contribution is -0.112. The number of nitrogens with one attached hydrogen (secondary N) is 1. The maximum Gasteiger partial charge on any atom is 0.266 e. The van der Waals surface area contributed by atoms with Gasteiger partial charge in [-0.05, 0) is 46.7 Å². The Morgan fingerprint density at radius 3 is 2.89 bits per heavy atom. The Bertz CT molecular complexity index is 656. The number of thiophene rings is 1. The van der Waals surface area contributed by atoms with Crippen LogP contribution in [0.25, 0.3) is 6.08 Å². The van der Waals surface area contributed by atoms with Gasteiger partial charge < -0.3 is 5.32 Å². The summed E-state index contributed by atoms with van der Waals surface area (Å²) in [5.74, 6) is -0.410. The van der Waals surface area contributed by atoms with Gasteiger partial charge in [0.25, 0.3) is 5.91 Å². The summed E-state index contributed by atoms with van der Waals surface area (Å²) in [6.07, 6.45) is 1.57. The van der Waals surface area contributed by atoms with Crippen LogP contribution in [0.2, 0.25) is 0 Å². The normalized spacial score (nSPS) is 10.8. The molecule has 0 spiro atoms. The summed E-state index contributed by atoms with van der Waals surface area (Å²) >= 11 is 4.84. The van der Waals surface area contributed by atoms with Crippen LogP contribution in [-0.2, 0) is 4.79 Å². The van der Waals surface area contributed by atoms with Crippen LogP contribution >= 0.6 is 27.3 Å². The molecular formula is C14H9BrN2OS. The number of anilines is 1. The number of hydrogen-bond donors (Lipinski definition) is 1. The van der Waals surface area contributed by atoms with E-state index in [0.717, 1.165) is 10.0 Å². The van der Waals surface area contributed by atoms with Crippen LogP contribution in [0.4, 0.5) is 5.69 Å². The topological polar surface area (TPSA) is 52.9 Å². The van der Waals surface area contributed by atoms with Crippen molar-refractivity contribution in [3.05, 3.63) is 56.7 Å². The third-order valence-electron chi connectivity index (χ3n) is 2.30. The Balaban J connectivity index is 2.17. The lowest BCUT2D eigenvalue weighted by Crippen LogP contribution is -2.13. The molecule has 0 saturated heterocycles. The fourth-order valence-electron chi connectivity index (χ4n) is 1.44. The SMILES string of the molecule is N#C/C(=C\c1ccsc1)C(=O)Nc1cccc(Br)c1. The van der Waals surface area contributed by atoms with E-state index in [1.165, 1.54) is 11.3 Å². The average Bonchev–Trinajstić information content (AvgIpc) is 2.88. The summed E-state index contributed by atoms with van der Waals surface area (Å²) in [7, 11) is 0. The fourth-order valence-corrected chi connectivity index (χ4v) is 2.45. The summed E-state index contributed by atoms with van der Waals surface area (Å²) in [6.45, 7) is 0. The molecule has 2 rings (SSSR count). The molecule has 1 amide bonds. The zero-order chi connectivity index (χ0) is 13.7. The van der Waals surface area contributed by atoms with Crippen molar-refractivity contribution in [1.82, 2.24) is 0 Å². The molecule has 1 aromatic heterocycles. The molecule has 0 aliphatic heterocycles. The number of benzene rings is 1. The van der Waals surface area contributed by atoms with E-state index < -0.39 is 5.91 Å². The van der Waals surface area contributed by atoms with Crippen molar-refractivity contribution in [2.75, 3.05) is 5.32 Å². The Morgan fingerprint density at radius 1 is 1.42 bits per heavy atom. The molecular weight excluding hydrogens is 324 g/mol. The van der Waals surface area contributed by atoms with Crippen LogP contribution in [0.3, 0.4) is 0 Å². The van der Waals surface area contributed by atoms with Crippen molar-refractivity contribution >= 4 is 44.9 Å². The van der Waals surface area contributed by atoms with Crippen molar-refractivity contribution in [3.8, 4) is 6.07 Å². The molecule has 1 heterocycles. The van der Waals surface area contributed by atoms with Crippen LogP contribution in [0, 0.1) is 11.3 Å². The van der Waals surface area contributed by atoms with Gasteiger partial charge in [0.2, 0.25) is 0 Å². The summed E-state index contributed by atoms with van der Waals surface area (Å²) in [5.41, 5.74) is 1.58. The highest BCUT2D eigenvalue weighted by Gasteiger charge is 2.09. The molecule has 3 nitrogen and oxygen atoms in total. The van der Waals surface area contributed by atoms with E-state index in [-0.39, 0.29) is 5.57 Å². The summed E-state index contributed by atoms with van der Waals surface area (Å²) < 4.78 is 0.866. The highest BCUT2D eigenvalue weighted by atomic mass is 79.9. The Labute approximate surface area is 123 Å². The number of carbonyl (C=O) groups excluding carboxylic acids is 1. The number of hydrogen-bond acceptors (Lipinski definition) is 3. The number of rotatable bonds is 3. The number of nitriles is 1. The summed E-state index contributed by atoms with van der Waals surface area (Å²) in [5, 5.41) is 15.5. The lowest BCUT2D eigenvalue weighted by atomic mass is 10.2. The van der Waals surface area contributed by atoms with Crippen LogP contribution in [0.1, 0.15) is 5.56 Å². The van der Waals surface area contributed by atoms with E-state index in [1.54, 1.807) is 18.2 Å². The van der Waals surface area contributed by atoms with E-state index in [2.05, 4.69) is 21.2 Å². The average molecular weight is 333 g/mol. The number of halogens is 1. The molecule has 0 fully saturated rings. The first kappa shape index (κ1) is 13.5. The van der Waals surface area contributed by atoms with Crippen molar-refractivity contribution in [2.24, 2.45) is 0 Å². The molecule has 1 N–H and O–H groups in total. The van der Waals surface area contributed by atoms with E-state index in [4.69, 9.17) is 5.26 Å². The molecule has 0 saturated carbocycles. The quantitative estimate of drug-likeness (QED) is 0.680. The molecule has 94 valence electrons. The molecule has 5 heteroatoms. The van der Waals surface area contributed by atoms with Gasteiger partial charge in [0.05, 0.1) is 0 Å². The minimum atomic E-state index is -0.410. The number of amides is 1. The van der Waals surface area contributed by atoms with Gasteiger partial charge >= 0.3 is 0 Å². The lowest BCUT2D eigenvalue weighted by Gasteiger charge is -2.04. The predicted octanol–water partition coefficient (Wildman–Crippen LogP) is 4.06. The minimum absolute atomic E-state index is 0.0818. The second-order valence-electron chi connectivity index (χ2n) is 3.69. The second kappa shape index (κ2) is 6.32. The molecule has 0 aliphatic carbocycles. The molecule has 0 unspecified atom stereocenters. The Morgan fingerprint density at radius 2 is 2.26 bits per heavy atom. The molecule has 0 aliphatic rings. The van der Waals surface area contributed by atoms with Gasteiger partial charge in [-0.3, -0.25) is 4.79 Å². The number of nitrogens with zero attached hydrogens (tertiary/aromatic N) is 1. The zero-order valence-corrected chi connectivity index (χ0v) is 12.2. The first-order valence-corrected chi connectivity index (χ1v) is 7.13. The zero-order valence-electron chi connectivity index (χ0n) is 9.76. The fraction of sp³-hybridized carbons (Fsp3) is 0. The van der Waals surface area contributed by atoms with Gasteiger partial charge in [0.15, 0.2) is 0 Å². The van der Waals surface area contributed by atoms with Crippen molar-refractivity contribution in [2.45, 2.75) is 0 Å². The molecule has 2 aromatic rings. The Kier molecular flexibility index (Phi) is 4.50. The van der Waals surface area contributed by atoms with Crippen LogP contribution in [0.15, 0.2) is 51.1 Å². The predicted molar refractivity (Wildman–Crippen MR) is 80.7 cm³/mol. The highest BCUT2D eigenvalue weighted by molar-refractivity contribution is 9.10. The molecule has 0 radical (unpaired) electrons. The smallest absolute Gasteiger partial charge is 0.266 e. The van der Waals surface area contributed by atoms with E-state index in [1.807, 2.05) is 35.0 Å². The third kappa shape index (κ3) is 3.78. The van der Waals surface area contributed by atoms with Gasteiger partial charge in [0, 0.05) is 10.2 Å². The Hall–Kier alpha value is -1.90. The van der Waals surface area contributed by atoms with Crippen LogP contribution < -0.4 is 5.32 Å². The molecule has 0 bridgehead atoms. The van der Waals surface area contributed by atoms with Crippen molar-refractivity contribution < 1.29 is 4.79 Å². The maximum absolute atomic E-state index is 12.0. The minimum Gasteiger partial charge on any atom is -0.321 e. The standard InChI is InChI=1S/C14H9BrN2OS/c15-12-2-1-3-13(7-12)17-14(18)11(8-16)6-10-4-5-19-9-10/h1-7,9H,(H,17,18)/b11-6+.